The van der Waals surface area contributed by atoms with Gasteiger partial charge in [-0.25, -0.2) is 28.3 Å². The Balaban J connectivity index is 1.28. The fraction of sp³-hybridized carbons (Fsp3) is 0.409. The average molecular weight is 922 g/mol. The molecule has 65 heavy (non-hydrogen) atoms. The molecule has 2 amide bonds. The number of pyridine rings is 1. The predicted octanol–water partition coefficient (Wildman–Crippen LogP) is 6.62. The molecule has 0 saturated heterocycles. The molecule has 0 bridgehead atoms. The number of benzene rings is 2. The summed E-state index contributed by atoms with van der Waals surface area (Å²) in [7, 11) is 0. The van der Waals surface area contributed by atoms with Crippen molar-refractivity contribution in [2.45, 2.75) is 85.0 Å². The largest absolute Gasteiger partial charge is 0.494 e. The number of hydrogen-bond donors (Lipinski definition) is 6. The molecule has 21 heteroatoms. The number of aromatic nitrogens is 5. The van der Waals surface area contributed by atoms with Crippen LogP contribution in [0.15, 0.2) is 61.1 Å². The molecule has 3 heterocycles. The van der Waals surface area contributed by atoms with Crippen molar-refractivity contribution in [2.75, 3.05) is 31.7 Å². The van der Waals surface area contributed by atoms with Crippen LogP contribution in [-0.2, 0) is 25.6 Å². The van der Waals surface area contributed by atoms with Gasteiger partial charge in [0.2, 0.25) is 5.91 Å². The number of ether oxygens (including phenoxy) is 4. The smallest absolute Gasteiger partial charge is 0.408 e. The van der Waals surface area contributed by atoms with Gasteiger partial charge < -0.3 is 45.9 Å². The van der Waals surface area contributed by atoms with Gasteiger partial charge in [-0.2, -0.15) is 5.10 Å². The van der Waals surface area contributed by atoms with E-state index in [1.54, 1.807) is 78.1 Å². The Morgan fingerprint density at radius 2 is 1.74 bits per heavy atom. The van der Waals surface area contributed by atoms with E-state index >= 15 is 8.78 Å². The van der Waals surface area contributed by atoms with Crippen LogP contribution in [0, 0.1) is 23.0 Å². The van der Waals surface area contributed by atoms with Gasteiger partial charge in [0.05, 0.1) is 48.8 Å². The van der Waals surface area contributed by atoms with Crippen molar-refractivity contribution in [1.82, 2.24) is 40.7 Å². The molecule has 348 valence electrons. The quantitative estimate of drug-likeness (QED) is 0.0196. The lowest BCUT2D eigenvalue weighted by atomic mass is 10.0. The standard InChI is InChI=1S/C44H54ClF2N11O7/c1-7-62-26-20-30(46)28(31(47)21-26)24-58-34-14-9-8-12-27(34)37(57-58)39-52-23-35(38(56-39)53-32-15-17-50-22-29(32)45)63-18-11-19-64-41(60)36(25(2)3)55-40(59)33(13-10-16-51-42(48)49)54-43(61)65-44(4,5)6/h8-9,12,14-15,17,20-23,25,33,36H,7,10-11,13,16,18-19,24H2,1-6H3,(H,54,61)(H,55,59)(H4,48,49,51)(H,50,52,53,56). The first-order valence-corrected chi connectivity index (χ1v) is 21.3. The maximum absolute atomic E-state index is 15.2. The molecule has 5 aromatic rings. The second kappa shape index (κ2) is 22.7. The summed E-state index contributed by atoms with van der Waals surface area (Å²) >= 11 is 6.44. The van der Waals surface area contributed by atoms with Crippen LogP contribution in [-0.4, -0.2) is 92.7 Å². The molecule has 0 radical (unpaired) electrons. The van der Waals surface area contributed by atoms with E-state index in [-0.39, 0.29) is 86.3 Å². The first kappa shape index (κ1) is 49.2. The van der Waals surface area contributed by atoms with Crippen LogP contribution >= 0.6 is 11.6 Å². The number of para-hydroxylation sites is 1. The van der Waals surface area contributed by atoms with Gasteiger partial charge in [-0.15, -0.1) is 0 Å². The van der Waals surface area contributed by atoms with Crippen LogP contribution in [0.25, 0.3) is 22.4 Å². The predicted molar refractivity (Wildman–Crippen MR) is 240 cm³/mol. The van der Waals surface area contributed by atoms with E-state index in [4.69, 9.17) is 51.8 Å². The summed E-state index contributed by atoms with van der Waals surface area (Å²) in [5.74, 6) is -2.82. The number of anilines is 2. The zero-order valence-electron chi connectivity index (χ0n) is 37.0. The van der Waals surface area contributed by atoms with Gasteiger partial charge in [-0.3, -0.25) is 19.9 Å². The number of nitrogens with two attached hydrogens (primary N) is 1. The lowest BCUT2D eigenvalue weighted by molar-refractivity contribution is -0.149. The summed E-state index contributed by atoms with van der Waals surface area (Å²) in [5, 5.41) is 24.1. The molecule has 0 fully saturated rings. The van der Waals surface area contributed by atoms with Crippen LogP contribution in [0.5, 0.6) is 11.5 Å². The summed E-state index contributed by atoms with van der Waals surface area (Å²) in [6.45, 7) is 10.5. The van der Waals surface area contributed by atoms with Gasteiger partial charge in [-0.05, 0) is 58.6 Å². The molecule has 2 unspecified atom stereocenters. The van der Waals surface area contributed by atoms with Crippen molar-refractivity contribution >= 4 is 57.9 Å². The number of carbonyl (C=O) groups excluding carboxylic acids is 3. The Labute approximate surface area is 379 Å². The highest BCUT2D eigenvalue weighted by Crippen LogP contribution is 2.33. The van der Waals surface area contributed by atoms with Crippen LogP contribution in [0.1, 0.15) is 66.4 Å². The van der Waals surface area contributed by atoms with Gasteiger partial charge in [-0.1, -0.05) is 43.6 Å². The summed E-state index contributed by atoms with van der Waals surface area (Å²) in [5.41, 5.74) is 5.72. The van der Waals surface area contributed by atoms with Crippen LogP contribution in [0.3, 0.4) is 0 Å². The number of rotatable bonds is 21. The summed E-state index contributed by atoms with van der Waals surface area (Å²) in [6.07, 6.45) is 4.37. The van der Waals surface area contributed by atoms with Crippen molar-refractivity contribution in [3.63, 3.8) is 0 Å². The van der Waals surface area contributed by atoms with E-state index in [1.165, 1.54) is 17.1 Å². The fourth-order valence-electron chi connectivity index (χ4n) is 6.33. The Morgan fingerprint density at radius 1 is 1.00 bits per heavy atom. The van der Waals surface area contributed by atoms with Crippen molar-refractivity contribution in [3.8, 4) is 23.0 Å². The van der Waals surface area contributed by atoms with Gasteiger partial charge in [0.15, 0.2) is 23.4 Å². The summed E-state index contributed by atoms with van der Waals surface area (Å²) in [4.78, 5) is 52.7. The number of nitrogens with zero attached hydrogens (tertiary/aromatic N) is 5. The minimum atomic E-state index is -1.06. The second-order valence-electron chi connectivity index (χ2n) is 16.0. The molecule has 0 aliphatic carbocycles. The number of esters is 1. The number of alkyl carbamates (subject to hydrolysis) is 1. The van der Waals surface area contributed by atoms with Crippen molar-refractivity contribution in [3.05, 3.63) is 83.3 Å². The van der Waals surface area contributed by atoms with E-state index in [0.29, 0.717) is 33.7 Å². The van der Waals surface area contributed by atoms with E-state index in [0.717, 1.165) is 12.1 Å². The molecule has 7 N–H and O–H groups in total. The van der Waals surface area contributed by atoms with Crippen molar-refractivity contribution < 1.29 is 42.1 Å². The van der Waals surface area contributed by atoms with Crippen molar-refractivity contribution in [1.29, 1.82) is 5.41 Å². The molecule has 0 spiro atoms. The maximum Gasteiger partial charge on any atom is 0.408 e. The Morgan fingerprint density at radius 3 is 2.42 bits per heavy atom. The molecule has 5 rings (SSSR count). The maximum atomic E-state index is 15.2. The zero-order chi connectivity index (χ0) is 47.3. The first-order chi connectivity index (χ1) is 30.9. The Hall–Kier alpha value is -6.83. The van der Waals surface area contributed by atoms with Crippen LogP contribution in [0.2, 0.25) is 5.02 Å². The molecular weight excluding hydrogens is 868 g/mol. The molecule has 18 nitrogen and oxygen atoms in total. The van der Waals surface area contributed by atoms with E-state index in [9.17, 15) is 14.4 Å². The highest BCUT2D eigenvalue weighted by Gasteiger charge is 2.31. The topological polar surface area (TPSA) is 243 Å². The number of carbonyl (C=O) groups is 3. The SMILES string of the molecule is CCOc1cc(F)c(Cn2nc(-c3ncc(OCCCOC(=O)C(NC(=O)C(CCCNC(=N)N)NC(=O)OC(C)(C)C)C(C)C)c(Nc4ccncc4Cl)n3)c3ccccc32)c(F)c1. The molecule has 0 aliphatic heterocycles. The second-order valence-corrected chi connectivity index (χ2v) is 16.4. The van der Waals surface area contributed by atoms with Gasteiger partial charge in [0, 0.05) is 48.4 Å². The lowest BCUT2D eigenvalue weighted by Gasteiger charge is -2.26. The molecule has 2 atom stereocenters. The highest BCUT2D eigenvalue weighted by molar-refractivity contribution is 6.33. The highest BCUT2D eigenvalue weighted by atomic mass is 35.5. The third-order valence-corrected chi connectivity index (χ3v) is 9.69. The van der Waals surface area contributed by atoms with Crippen LogP contribution in [0.4, 0.5) is 25.1 Å². The van der Waals surface area contributed by atoms with E-state index < -0.39 is 47.3 Å². The Kier molecular flexibility index (Phi) is 17.2. The average Bonchev–Trinajstić information content (AvgIpc) is 3.60. The minimum absolute atomic E-state index is 0.0421. The molecule has 0 saturated carbocycles. The number of fused-ring (bicyclic) bond motifs is 1. The number of halogens is 3. The third kappa shape index (κ3) is 14.1. The number of nitrogens with one attached hydrogen (secondary N) is 5. The van der Waals surface area contributed by atoms with E-state index in [1.807, 2.05) is 0 Å². The number of guanidine groups is 1. The minimum Gasteiger partial charge on any atom is -0.494 e. The summed E-state index contributed by atoms with van der Waals surface area (Å²) < 4.78 is 54.1. The van der Waals surface area contributed by atoms with E-state index in [2.05, 4.69) is 31.2 Å². The number of hydrogen-bond acceptors (Lipinski definition) is 13. The van der Waals surface area contributed by atoms with Gasteiger partial charge in [0.1, 0.15) is 40.8 Å². The monoisotopic (exact) mass is 921 g/mol. The molecule has 3 aromatic heterocycles. The molecular formula is C44H54ClF2N11O7. The number of amides is 2. The van der Waals surface area contributed by atoms with Gasteiger partial charge in [0.25, 0.3) is 0 Å². The fourth-order valence-corrected chi connectivity index (χ4v) is 6.50. The molecule has 2 aromatic carbocycles. The zero-order valence-corrected chi connectivity index (χ0v) is 37.7. The molecule has 0 aliphatic rings. The third-order valence-electron chi connectivity index (χ3n) is 9.39. The summed E-state index contributed by atoms with van der Waals surface area (Å²) in [6, 6.07) is 8.95. The normalized spacial score (nSPS) is 12.3. The van der Waals surface area contributed by atoms with Crippen molar-refractivity contribution in [2.24, 2.45) is 11.7 Å². The lowest BCUT2D eigenvalue weighted by Crippen LogP contribution is -2.54. The van der Waals surface area contributed by atoms with Crippen LogP contribution < -0.4 is 36.5 Å². The van der Waals surface area contributed by atoms with Gasteiger partial charge >= 0.3 is 12.1 Å². The first-order valence-electron chi connectivity index (χ1n) is 20.9. The Bertz CT molecular complexity index is 2440.